The monoisotopic (exact) mass is 267 g/mol. The highest BCUT2D eigenvalue weighted by Gasteiger charge is 2.36. The van der Waals surface area contributed by atoms with Gasteiger partial charge in [0.05, 0.1) is 5.92 Å². The third kappa shape index (κ3) is 3.08. The number of rotatable bonds is 2. The van der Waals surface area contributed by atoms with E-state index >= 15 is 0 Å². The molecule has 1 saturated carbocycles. The number of nitrogens with zero attached hydrogens (tertiary/aromatic N) is 1. The summed E-state index contributed by atoms with van der Waals surface area (Å²) in [5.41, 5.74) is 11.5. The lowest BCUT2D eigenvalue weighted by Crippen LogP contribution is -2.51. The van der Waals surface area contributed by atoms with Crippen molar-refractivity contribution in [1.82, 2.24) is 4.90 Å². The van der Waals surface area contributed by atoms with Gasteiger partial charge < -0.3 is 16.4 Å². The zero-order chi connectivity index (χ0) is 14.0. The summed E-state index contributed by atoms with van der Waals surface area (Å²) in [6.45, 7) is 3.41. The second-order valence-corrected chi connectivity index (χ2v) is 6.09. The average molecular weight is 267 g/mol. The van der Waals surface area contributed by atoms with Crippen molar-refractivity contribution in [2.45, 2.75) is 45.1 Å². The molecule has 0 aromatic heterocycles. The van der Waals surface area contributed by atoms with Gasteiger partial charge in [-0.1, -0.05) is 13.3 Å². The van der Waals surface area contributed by atoms with E-state index in [4.69, 9.17) is 11.5 Å². The molecule has 0 bridgehead atoms. The molecule has 2 rings (SSSR count). The van der Waals surface area contributed by atoms with Gasteiger partial charge in [-0.2, -0.15) is 0 Å². The van der Waals surface area contributed by atoms with Crippen LogP contribution in [0.5, 0.6) is 0 Å². The minimum absolute atomic E-state index is 0.0184. The molecule has 1 aliphatic carbocycles. The van der Waals surface area contributed by atoms with Crippen molar-refractivity contribution in [3.05, 3.63) is 0 Å². The maximum Gasteiger partial charge on any atom is 0.227 e. The van der Waals surface area contributed by atoms with Crippen LogP contribution in [0.3, 0.4) is 0 Å². The van der Waals surface area contributed by atoms with E-state index in [2.05, 4.69) is 6.92 Å². The van der Waals surface area contributed by atoms with Crippen LogP contribution in [0, 0.1) is 17.8 Å². The summed E-state index contributed by atoms with van der Waals surface area (Å²) in [7, 11) is 0. The maximum atomic E-state index is 12.5. The van der Waals surface area contributed by atoms with Crippen LogP contribution in [0.15, 0.2) is 0 Å². The standard InChI is InChI=1S/C14H25N3O2/c1-9-3-2-4-11(12(9)15)14(19)17-7-5-10(6-8-17)13(16)18/h9-12H,2-8,15H2,1H3,(H2,16,18). The van der Waals surface area contributed by atoms with Gasteiger partial charge in [-0.3, -0.25) is 9.59 Å². The van der Waals surface area contributed by atoms with Crippen molar-refractivity contribution in [3.63, 3.8) is 0 Å². The Labute approximate surface area is 114 Å². The molecule has 108 valence electrons. The average Bonchev–Trinajstić information content (AvgIpc) is 2.41. The lowest BCUT2D eigenvalue weighted by Gasteiger charge is -2.38. The minimum Gasteiger partial charge on any atom is -0.369 e. The van der Waals surface area contributed by atoms with Crippen LogP contribution < -0.4 is 11.5 Å². The van der Waals surface area contributed by atoms with E-state index in [-0.39, 0.29) is 29.7 Å². The second-order valence-electron chi connectivity index (χ2n) is 6.09. The second kappa shape index (κ2) is 5.90. The van der Waals surface area contributed by atoms with Crippen molar-refractivity contribution in [2.75, 3.05) is 13.1 Å². The van der Waals surface area contributed by atoms with Gasteiger partial charge in [-0.05, 0) is 31.6 Å². The zero-order valence-corrected chi connectivity index (χ0v) is 11.7. The van der Waals surface area contributed by atoms with Gasteiger partial charge in [0.2, 0.25) is 11.8 Å². The maximum absolute atomic E-state index is 12.5. The van der Waals surface area contributed by atoms with Gasteiger partial charge in [-0.25, -0.2) is 0 Å². The highest BCUT2D eigenvalue weighted by atomic mass is 16.2. The van der Waals surface area contributed by atoms with E-state index in [1.165, 1.54) is 0 Å². The normalized spacial score (nSPS) is 33.2. The molecule has 3 atom stereocenters. The van der Waals surface area contributed by atoms with Gasteiger partial charge in [0.25, 0.3) is 0 Å². The summed E-state index contributed by atoms with van der Waals surface area (Å²) in [4.78, 5) is 25.5. The number of hydrogen-bond acceptors (Lipinski definition) is 3. The fourth-order valence-electron chi connectivity index (χ4n) is 3.35. The summed E-state index contributed by atoms with van der Waals surface area (Å²) in [6.07, 6.45) is 4.50. The summed E-state index contributed by atoms with van der Waals surface area (Å²) in [5, 5.41) is 0. The Bertz CT molecular complexity index is 351. The first-order valence-corrected chi connectivity index (χ1v) is 7.34. The van der Waals surface area contributed by atoms with Crippen molar-refractivity contribution < 1.29 is 9.59 Å². The summed E-state index contributed by atoms with van der Waals surface area (Å²) in [6, 6.07) is -0.0184. The number of likely N-dealkylation sites (tertiary alicyclic amines) is 1. The van der Waals surface area contributed by atoms with Crippen LogP contribution in [-0.2, 0) is 9.59 Å². The molecule has 4 N–H and O–H groups in total. The fraction of sp³-hybridized carbons (Fsp3) is 0.857. The van der Waals surface area contributed by atoms with Gasteiger partial charge in [0, 0.05) is 25.0 Å². The number of hydrogen-bond donors (Lipinski definition) is 2. The van der Waals surface area contributed by atoms with Crippen LogP contribution in [0.25, 0.3) is 0 Å². The van der Waals surface area contributed by atoms with Crippen LogP contribution in [0.2, 0.25) is 0 Å². The summed E-state index contributed by atoms with van der Waals surface area (Å²) < 4.78 is 0. The molecule has 1 saturated heterocycles. The largest absolute Gasteiger partial charge is 0.369 e. The highest BCUT2D eigenvalue weighted by Crippen LogP contribution is 2.30. The van der Waals surface area contributed by atoms with Crippen molar-refractivity contribution >= 4 is 11.8 Å². The molecule has 2 aliphatic rings. The molecule has 1 heterocycles. The number of carbonyl (C=O) groups excluding carboxylic acids is 2. The smallest absolute Gasteiger partial charge is 0.227 e. The number of amides is 2. The first kappa shape index (κ1) is 14.3. The van der Waals surface area contributed by atoms with Crippen molar-refractivity contribution in [1.29, 1.82) is 0 Å². The molecule has 0 spiro atoms. The van der Waals surface area contributed by atoms with Crippen LogP contribution in [-0.4, -0.2) is 35.8 Å². The lowest BCUT2D eigenvalue weighted by molar-refractivity contribution is -0.140. The molecule has 0 radical (unpaired) electrons. The first-order chi connectivity index (χ1) is 9.00. The summed E-state index contributed by atoms with van der Waals surface area (Å²) in [5.74, 6) is 0.264. The number of piperidine rings is 1. The van der Waals surface area contributed by atoms with Crippen LogP contribution in [0.4, 0.5) is 0 Å². The number of nitrogens with two attached hydrogens (primary N) is 2. The Morgan fingerprint density at radius 3 is 2.32 bits per heavy atom. The van der Waals surface area contributed by atoms with E-state index in [0.29, 0.717) is 31.8 Å². The molecule has 5 nitrogen and oxygen atoms in total. The van der Waals surface area contributed by atoms with Crippen LogP contribution >= 0.6 is 0 Å². The molecule has 0 aromatic carbocycles. The Hall–Kier alpha value is -1.10. The third-order valence-corrected chi connectivity index (χ3v) is 4.82. The topological polar surface area (TPSA) is 89.4 Å². The van der Waals surface area contributed by atoms with Crippen LogP contribution in [0.1, 0.15) is 39.0 Å². The van der Waals surface area contributed by atoms with E-state index in [1.54, 1.807) is 0 Å². The molecule has 5 heteroatoms. The molecule has 2 amide bonds. The van der Waals surface area contributed by atoms with Gasteiger partial charge in [0.1, 0.15) is 0 Å². The van der Waals surface area contributed by atoms with E-state index in [1.807, 2.05) is 4.90 Å². The molecule has 19 heavy (non-hydrogen) atoms. The Kier molecular flexibility index (Phi) is 4.45. The first-order valence-electron chi connectivity index (χ1n) is 7.34. The molecule has 1 aliphatic heterocycles. The Balaban J connectivity index is 1.92. The molecular weight excluding hydrogens is 242 g/mol. The number of carbonyl (C=O) groups is 2. The van der Waals surface area contributed by atoms with E-state index in [9.17, 15) is 9.59 Å². The highest BCUT2D eigenvalue weighted by molar-refractivity contribution is 5.81. The Morgan fingerprint density at radius 2 is 1.74 bits per heavy atom. The lowest BCUT2D eigenvalue weighted by atomic mass is 9.77. The molecule has 2 fully saturated rings. The molecular formula is C14H25N3O2. The predicted molar refractivity (Wildman–Crippen MR) is 73.0 cm³/mol. The third-order valence-electron chi connectivity index (χ3n) is 4.82. The van der Waals surface area contributed by atoms with Gasteiger partial charge >= 0.3 is 0 Å². The summed E-state index contributed by atoms with van der Waals surface area (Å²) >= 11 is 0. The predicted octanol–water partition coefficient (Wildman–Crippen LogP) is 0.474. The van der Waals surface area contributed by atoms with E-state index in [0.717, 1.165) is 19.3 Å². The van der Waals surface area contributed by atoms with Crippen molar-refractivity contribution in [2.24, 2.45) is 29.2 Å². The Morgan fingerprint density at radius 1 is 1.11 bits per heavy atom. The molecule has 3 unspecified atom stereocenters. The van der Waals surface area contributed by atoms with Crippen molar-refractivity contribution in [3.8, 4) is 0 Å². The molecule has 0 aromatic rings. The van der Waals surface area contributed by atoms with E-state index < -0.39 is 0 Å². The van der Waals surface area contributed by atoms with Gasteiger partial charge in [0.15, 0.2) is 0 Å². The quantitative estimate of drug-likeness (QED) is 0.762. The zero-order valence-electron chi connectivity index (χ0n) is 11.7. The SMILES string of the molecule is CC1CCCC(C(=O)N2CCC(C(N)=O)CC2)C1N. The minimum atomic E-state index is -0.241. The van der Waals surface area contributed by atoms with Gasteiger partial charge in [-0.15, -0.1) is 0 Å². The fourth-order valence-corrected chi connectivity index (χ4v) is 3.35. The number of primary amides is 1.